The van der Waals surface area contributed by atoms with Gasteiger partial charge in [-0.1, -0.05) is 18.2 Å². The highest BCUT2D eigenvalue weighted by molar-refractivity contribution is 6.13. The van der Waals surface area contributed by atoms with Crippen LogP contribution >= 0.6 is 0 Å². The fourth-order valence-electron chi connectivity index (χ4n) is 5.30. The van der Waals surface area contributed by atoms with Crippen molar-refractivity contribution in [2.24, 2.45) is 0 Å². The number of aromatic nitrogens is 3. The topological polar surface area (TPSA) is 198 Å². The molecule has 16 heteroatoms. The number of nitrogen functional groups attached to an aromatic ring is 1. The van der Waals surface area contributed by atoms with E-state index in [-0.39, 0.29) is 31.2 Å². The predicted molar refractivity (Wildman–Crippen MR) is 188 cm³/mol. The molecule has 4 N–H and O–H groups in total. The smallest absolute Gasteiger partial charge is 0.253 e. The lowest BCUT2D eigenvalue weighted by Gasteiger charge is -2.13. The van der Waals surface area contributed by atoms with Crippen molar-refractivity contribution >= 4 is 51.4 Å². The number of unbranched alkanes of at least 4 members (excludes halogenated alkanes) is 1. The number of anilines is 1. The third kappa shape index (κ3) is 12.7. The summed E-state index contributed by atoms with van der Waals surface area (Å²) in [4.78, 5) is 57.3. The van der Waals surface area contributed by atoms with Crippen LogP contribution in [0.3, 0.4) is 0 Å². The Morgan fingerprint density at radius 2 is 1.37 bits per heavy atom. The molecule has 4 amide bonds. The van der Waals surface area contributed by atoms with Crippen molar-refractivity contribution in [3.8, 4) is 0 Å². The second kappa shape index (κ2) is 21.7. The predicted octanol–water partition coefficient (Wildman–Crippen LogP) is 1.49. The van der Waals surface area contributed by atoms with E-state index in [0.29, 0.717) is 97.0 Å². The summed E-state index contributed by atoms with van der Waals surface area (Å²) in [6.07, 6.45) is 4.33. The lowest BCUT2D eigenvalue weighted by atomic mass is 10.2. The molecule has 1 aromatic carbocycles. The van der Waals surface area contributed by atoms with E-state index in [9.17, 15) is 19.2 Å². The molecule has 0 bridgehead atoms. The number of fused-ring (bicyclic) bond motifs is 3. The van der Waals surface area contributed by atoms with Gasteiger partial charge in [0, 0.05) is 63.2 Å². The Morgan fingerprint density at radius 1 is 0.745 bits per heavy atom. The van der Waals surface area contributed by atoms with Gasteiger partial charge in [0.05, 0.1) is 63.9 Å². The average molecular weight is 712 g/mol. The van der Waals surface area contributed by atoms with Crippen molar-refractivity contribution in [2.75, 3.05) is 84.8 Å². The molecule has 0 fully saturated rings. The minimum absolute atomic E-state index is 0.0426. The van der Waals surface area contributed by atoms with E-state index in [4.69, 9.17) is 34.4 Å². The summed E-state index contributed by atoms with van der Waals surface area (Å²) in [6.45, 7) is 7.50. The number of amides is 4. The number of nitrogens with two attached hydrogens (primary N) is 1. The monoisotopic (exact) mass is 711 g/mol. The van der Waals surface area contributed by atoms with Gasteiger partial charge in [0.25, 0.3) is 11.8 Å². The van der Waals surface area contributed by atoms with Crippen molar-refractivity contribution < 1.29 is 42.9 Å². The summed E-state index contributed by atoms with van der Waals surface area (Å²) in [5.74, 6) is 0.0783. The minimum Gasteiger partial charge on any atom is -0.382 e. The van der Waals surface area contributed by atoms with E-state index in [1.54, 1.807) is 0 Å². The SMILES string of the molecule is CCOCc1nc2c(N)nc3ccccc3c2n1CCCCNC(=O)CCOCCOCCOCCOCCNC(=O)CCN1C(=O)C=CC1=O. The Hall–Kier alpha value is -4.48. The van der Waals surface area contributed by atoms with Crippen molar-refractivity contribution in [3.05, 3.63) is 42.2 Å². The molecule has 0 atom stereocenters. The summed E-state index contributed by atoms with van der Waals surface area (Å²) < 4.78 is 29.7. The first-order valence-electron chi connectivity index (χ1n) is 17.4. The maximum absolute atomic E-state index is 12.3. The molecule has 3 heterocycles. The van der Waals surface area contributed by atoms with Gasteiger partial charge in [-0.05, 0) is 25.8 Å². The molecule has 1 aliphatic heterocycles. The number of pyridine rings is 1. The minimum atomic E-state index is -0.403. The number of benzene rings is 1. The number of nitrogens with one attached hydrogen (secondary N) is 2. The van der Waals surface area contributed by atoms with E-state index in [1.165, 1.54) is 12.2 Å². The number of para-hydroxylation sites is 1. The Bertz CT molecular complexity index is 1610. The van der Waals surface area contributed by atoms with E-state index < -0.39 is 11.8 Å². The molecule has 2 aromatic heterocycles. The summed E-state index contributed by atoms with van der Waals surface area (Å²) >= 11 is 0. The molecule has 0 saturated carbocycles. The maximum Gasteiger partial charge on any atom is 0.253 e. The van der Waals surface area contributed by atoms with Crippen molar-refractivity contribution in [2.45, 2.75) is 45.8 Å². The van der Waals surface area contributed by atoms with Gasteiger partial charge < -0.3 is 44.6 Å². The number of rotatable bonds is 26. The molecule has 0 unspecified atom stereocenters. The molecular formula is C35H49N7O9. The zero-order valence-electron chi connectivity index (χ0n) is 29.2. The normalized spacial score (nSPS) is 12.8. The summed E-state index contributed by atoms with van der Waals surface area (Å²) in [7, 11) is 0. The second-order valence-corrected chi connectivity index (χ2v) is 11.5. The molecular weight excluding hydrogens is 662 g/mol. The lowest BCUT2D eigenvalue weighted by molar-refractivity contribution is -0.137. The molecule has 278 valence electrons. The lowest BCUT2D eigenvalue weighted by Crippen LogP contribution is -2.35. The van der Waals surface area contributed by atoms with E-state index in [2.05, 4.69) is 20.2 Å². The summed E-state index contributed by atoms with van der Waals surface area (Å²) in [5, 5.41) is 6.63. The number of aryl methyl sites for hydroxylation is 1. The van der Waals surface area contributed by atoms with Gasteiger partial charge in [-0.3, -0.25) is 24.1 Å². The van der Waals surface area contributed by atoms with Crippen LogP contribution in [0.15, 0.2) is 36.4 Å². The number of imidazole rings is 1. The van der Waals surface area contributed by atoms with Crippen LogP contribution in [0.4, 0.5) is 5.82 Å². The van der Waals surface area contributed by atoms with Gasteiger partial charge in [-0.2, -0.15) is 0 Å². The van der Waals surface area contributed by atoms with Crippen LogP contribution in [0.2, 0.25) is 0 Å². The van der Waals surface area contributed by atoms with Crippen LogP contribution in [0.25, 0.3) is 21.9 Å². The summed E-state index contributed by atoms with van der Waals surface area (Å²) in [5.41, 5.74) is 8.72. The molecule has 0 radical (unpaired) electrons. The molecule has 4 rings (SSSR count). The maximum atomic E-state index is 12.3. The van der Waals surface area contributed by atoms with Crippen molar-refractivity contribution in [3.63, 3.8) is 0 Å². The first kappa shape index (κ1) is 39.3. The number of nitrogens with zero attached hydrogens (tertiary/aromatic N) is 4. The molecule has 1 aliphatic rings. The van der Waals surface area contributed by atoms with Gasteiger partial charge in [0.1, 0.15) is 17.9 Å². The van der Waals surface area contributed by atoms with E-state index in [0.717, 1.165) is 40.0 Å². The number of hydrogen-bond acceptors (Lipinski definition) is 12. The zero-order chi connectivity index (χ0) is 36.3. The van der Waals surface area contributed by atoms with Gasteiger partial charge in [-0.25, -0.2) is 9.97 Å². The van der Waals surface area contributed by atoms with Gasteiger partial charge in [-0.15, -0.1) is 0 Å². The van der Waals surface area contributed by atoms with Gasteiger partial charge in [0.15, 0.2) is 5.82 Å². The second-order valence-electron chi connectivity index (χ2n) is 11.5. The van der Waals surface area contributed by atoms with Crippen LogP contribution < -0.4 is 16.4 Å². The number of carbonyl (C=O) groups is 4. The molecule has 51 heavy (non-hydrogen) atoms. The van der Waals surface area contributed by atoms with Gasteiger partial charge >= 0.3 is 0 Å². The van der Waals surface area contributed by atoms with Crippen molar-refractivity contribution in [1.82, 2.24) is 30.1 Å². The zero-order valence-corrected chi connectivity index (χ0v) is 29.2. The number of imide groups is 1. The first-order chi connectivity index (χ1) is 24.9. The van der Waals surface area contributed by atoms with Crippen LogP contribution in [0, 0.1) is 0 Å². The van der Waals surface area contributed by atoms with Crippen LogP contribution in [0.5, 0.6) is 0 Å². The first-order valence-corrected chi connectivity index (χ1v) is 17.4. The molecule has 16 nitrogen and oxygen atoms in total. The third-order valence-electron chi connectivity index (χ3n) is 7.88. The molecule has 0 spiro atoms. The standard InChI is InChI=1S/C35H49N7O9/c1-2-47-25-28-40-33-34(26-7-3-4-8-27(26)39-35(33)36)41(28)15-6-5-13-37-30(44)12-17-48-19-21-50-23-24-51-22-20-49-18-14-38-29(43)11-16-42-31(45)9-10-32(42)46/h3-4,7-10H,2,5-6,11-25H2,1H3,(H2,36,39)(H,37,44)(H,38,43). The number of carbonyl (C=O) groups excluding carboxylic acids is 4. The Balaban J connectivity index is 0.952. The fourth-order valence-corrected chi connectivity index (χ4v) is 5.30. The van der Waals surface area contributed by atoms with E-state index in [1.807, 2.05) is 31.2 Å². The highest BCUT2D eigenvalue weighted by Crippen LogP contribution is 2.29. The third-order valence-corrected chi connectivity index (χ3v) is 7.88. The Labute approximate surface area is 296 Å². The van der Waals surface area contributed by atoms with E-state index >= 15 is 0 Å². The fraction of sp³-hybridized carbons (Fsp3) is 0.543. The molecule has 0 saturated heterocycles. The number of ether oxygens (including phenoxy) is 5. The summed E-state index contributed by atoms with van der Waals surface area (Å²) in [6, 6.07) is 7.89. The Morgan fingerprint density at radius 3 is 2.08 bits per heavy atom. The molecule has 3 aromatic rings. The van der Waals surface area contributed by atoms with Crippen molar-refractivity contribution in [1.29, 1.82) is 0 Å². The Kier molecular flexibility index (Phi) is 16.7. The van der Waals surface area contributed by atoms with Crippen LogP contribution in [-0.2, 0) is 56.0 Å². The highest BCUT2D eigenvalue weighted by Gasteiger charge is 2.23. The van der Waals surface area contributed by atoms with Gasteiger partial charge in [0.2, 0.25) is 11.8 Å². The highest BCUT2D eigenvalue weighted by atomic mass is 16.6. The largest absolute Gasteiger partial charge is 0.382 e. The van der Waals surface area contributed by atoms with Crippen LogP contribution in [-0.4, -0.2) is 122 Å². The van der Waals surface area contributed by atoms with Crippen LogP contribution in [0.1, 0.15) is 38.4 Å². The average Bonchev–Trinajstić information content (AvgIpc) is 3.66. The quantitative estimate of drug-likeness (QED) is 0.0802. The number of hydrogen-bond donors (Lipinski definition) is 3. The molecule has 0 aliphatic carbocycles.